The molecule has 7 heteroatoms. The van der Waals surface area contributed by atoms with Crippen LogP contribution in [-0.2, 0) is 4.79 Å². The number of amides is 1. The van der Waals surface area contributed by atoms with Crippen LogP contribution in [0.1, 0.15) is 18.5 Å². The molecule has 2 atom stereocenters. The van der Waals surface area contributed by atoms with Crippen LogP contribution in [0, 0.1) is 5.92 Å². The Morgan fingerprint density at radius 1 is 1.08 bits per heavy atom. The van der Waals surface area contributed by atoms with E-state index in [9.17, 15) is 4.79 Å². The van der Waals surface area contributed by atoms with Gasteiger partial charge in [-0.15, -0.1) is 24.8 Å². The Bertz CT molecular complexity index is 681. The first-order valence-corrected chi connectivity index (χ1v) is 7.87. The van der Waals surface area contributed by atoms with Gasteiger partial charge >= 0.3 is 0 Å². The molecule has 0 aliphatic rings. The lowest BCUT2D eigenvalue weighted by atomic mass is 9.94. The predicted molar refractivity (Wildman–Crippen MR) is 111 cm³/mol. The zero-order valence-corrected chi connectivity index (χ0v) is 16.8. The molecule has 0 bridgehead atoms. The van der Waals surface area contributed by atoms with Gasteiger partial charge in [-0.25, -0.2) is 0 Å². The highest BCUT2D eigenvalue weighted by atomic mass is 35.5. The van der Waals surface area contributed by atoms with E-state index in [0.717, 1.165) is 11.3 Å². The van der Waals surface area contributed by atoms with E-state index in [1.54, 1.807) is 6.07 Å². The number of carbonyl (C=O) groups excluding carboxylic acids is 1. The fraction of sp³-hybridized carbons (Fsp3) is 0.278. The van der Waals surface area contributed by atoms with Crippen molar-refractivity contribution >= 4 is 53.7 Å². The molecular weight excluding hydrogens is 381 g/mol. The summed E-state index contributed by atoms with van der Waals surface area (Å²) in [5, 5.41) is 3.53. The first-order chi connectivity index (χ1) is 10.9. The van der Waals surface area contributed by atoms with Gasteiger partial charge in [-0.05, 0) is 17.7 Å². The minimum absolute atomic E-state index is 0. The number of nitrogens with one attached hydrogen (secondary N) is 1. The van der Waals surface area contributed by atoms with Crippen molar-refractivity contribution in [3.63, 3.8) is 0 Å². The van der Waals surface area contributed by atoms with Crippen LogP contribution in [0.2, 0.25) is 5.02 Å². The molecule has 0 spiro atoms. The van der Waals surface area contributed by atoms with Crippen LogP contribution in [0.15, 0.2) is 48.5 Å². The monoisotopic (exact) mass is 403 g/mol. The van der Waals surface area contributed by atoms with Crippen molar-refractivity contribution < 1.29 is 4.79 Å². The quantitative estimate of drug-likeness (QED) is 0.770. The highest BCUT2D eigenvalue weighted by molar-refractivity contribution is 6.34. The molecule has 0 aliphatic heterocycles. The van der Waals surface area contributed by atoms with Gasteiger partial charge in [0.1, 0.15) is 0 Å². The Kier molecular flexibility index (Phi) is 9.90. The number of rotatable bonds is 5. The van der Waals surface area contributed by atoms with Crippen LogP contribution in [0.3, 0.4) is 0 Å². The second-order valence-corrected chi connectivity index (χ2v) is 6.15. The van der Waals surface area contributed by atoms with E-state index in [-0.39, 0.29) is 42.7 Å². The summed E-state index contributed by atoms with van der Waals surface area (Å²) in [6.07, 6.45) is 0. The molecule has 4 nitrogen and oxygen atoms in total. The normalized spacial score (nSPS) is 12.2. The first kappa shape index (κ1) is 23.5. The van der Waals surface area contributed by atoms with Gasteiger partial charge in [0.05, 0.1) is 22.3 Å². The highest BCUT2D eigenvalue weighted by Crippen LogP contribution is 2.33. The summed E-state index contributed by atoms with van der Waals surface area (Å²) >= 11 is 6.23. The number of hydrogen-bond donors (Lipinski definition) is 2. The van der Waals surface area contributed by atoms with E-state index in [4.69, 9.17) is 17.3 Å². The minimum Gasteiger partial charge on any atom is -0.375 e. The van der Waals surface area contributed by atoms with Crippen molar-refractivity contribution in [2.24, 2.45) is 11.7 Å². The van der Waals surface area contributed by atoms with Gasteiger partial charge in [-0.3, -0.25) is 4.79 Å². The average molecular weight is 405 g/mol. The van der Waals surface area contributed by atoms with Crippen molar-refractivity contribution in [2.75, 3.05) is 24.3 Å². The maximum absolute atomic E-state index is 12.6. The van der Waals surface area contributed by atoms with E-state index in [1.165, 1.54) is 0 Å². The lowest BCUT2D eigenvalue weighted by Crippen LogP contribution is -2.31. The Labute approximate surface area is 166 Å². The summed E-state index contributed by atoms with van der Waals surface area (Å²) in [7, 11) is 3.77. The van der Waals surface area contributed by atoms with E-state index in [0.29, 0.717) is 10.7 Å². The van der Waals surface area contributed by atoms with Gasteiger partial charge in [0, 0.05) is 20.1 Å². The van der Waals surface area contributed by atoms with Gasteiger partial charge in [0.2, 0.25) is 5.91 Å². The summed E-state index contributed by atoms with van der Waals surface area (Å²) < 4.78 is 0. The molecule has 3 N–H and O–H groups in total. The van der Waals surface area contributed by atoms with Gasteiger partial charge in [0.15, 0.2) is 0 Å². The number of benzene rings is 2. The summed E-state index contributed by atoms with van der Waals surface area (Å²) in [5.74, 6) is -0.502. The number of para-hydroxylation sites is 1. The number of halogens is 3. The second-order valence-electron chi connectivity index (χ2n) is 5.74. The molecule has 0 aromatic heterocycles. The number of anilines is 2. The zero-order valence-electron chi connectivity index (χ0n) is 14.4. The van der Waals surface area contributed by atoms with Gasteiger partial charge < -0.3 is 16.0 Å². The smallest absolute Gasteiger partial charge is 0.229 e. The lowest BCUT2D eigenvalue weighted by molar-refractivity contribution is -0.120. The third-order valence-corrected chi connectivity index (χ3v) is 4.13. The lowest BCUT2D eigenvalue weighted by Gasteiger charge is -2.23. The van der Waals surface area contributed by atoms with Crippen molar-refractivity contribution in [1.29, 1.82) is 0 Å². The molecule has 2 aromatic carbocycles. The minimum atomic E-state index is -0.369. The highest BCUT2D eigenvalue weighted by Gasteiger charge is 2.23. The third kappa shape index (κ3) is 5.79. The number of nitrogens with zero attached hydrogens (tertiary/aromatic N) is 1. The SMILES string of the molecule is CC(C(=O)Nc1cccc(Cl)c1N(C)C)C(N)c1ccccc1.Cl.Cl. The van der Waals surface area contributed by atoms with Gasteiger partial charge in [-0.1, -0.05) is 54.9 Å². The van der Waals surface area contributed by atoms with Crippen molar-refractivity contribution in [1.82, 2.24) is 0 Å². The Balaban J connectivity index is 0.00000288. The molecule has 0 heterocycles. The first-order valence-electron chi connectivity index (χ1n) is 7.49. The number of nitrogens with two attached hydrogens (primary N) is 1. The number of carbonyl (C=O) groups is 1. The summed E-state index contributed by atoms with van der Waals surface area (Å²) in [4.78, 5) is 14.4. The Morgan fingerprint density at radius 3 is 2.24 bits per heavy atom. The van der Waals surface area contributed by atoms with E-state index in [2.05, 4.69) is 5.32 Å². The van der Waals surface area contributed by atoms with Crippen LogP contribution in [0.25, 0.3) is 0 Å². The molecule has 0 saturated heterocycles. The summed E-state index contributed by atoms with van der Waals surface area (Å²) in [5.41, 5.74) is 8.62. The summed E-state index contributed by atoms with van der Waals surface area (Å²) in [6.45, 7) is 1.83. The van der Waals surface area contributed by atoms with Crippen LogP contribution in [-0.4, -0.2) is 20.0 Å². The topological polar surface area (TPSA) is 58.4 Å². The average Bonchev–Trinajstić information content (AvgIpc) is 2.54. The summed E-state index contributed by atoms with van der Waals surface area (Å²) in [6, 6.07) is 14.7. The van der Waals surface area contributed by atoms with Crippen molar-refractivity contribution in [3.8, 4) is 0 Å². The maximum Gasteiger partial charge on any atom is 0.229 e. The molecule has 2 aromatic rings. The largest absolute Gasteiger partial charge is 0.375 e. The van der Waals surface area contributed by atoms with Gasteiger partial charge in [-0.2, -0.15) is 0 Å². The molecule has 0 radical (unpaired) electrons. The fourth-order valence-electron chi connectivity index (χ4n) is 2.44. The van der Waals surface area contributed by atoms with Crippen LogP contribution < -0.4 is 16.0 Å². The van der Waals surface area contributed by atoms with Crippen molar-refractivity contribution in [3.05, 3.63) is 59.1 Å². The molecule has 25 heavy (non-hydrogen) atoms. The standard InChI is InChI=1S/C18H22ClN3O.2ClH/c1-12(16(20)13-8-5-4-6-9-13)18(23)21-15-11-7-10-14(19)17(15)22(2)3;;/h4-12,16H,20H2,1-3H3,(H,21,23);2*1H. The molecule has 1 amide bonds. The second kappa shape index (κ2) is 10.5. The van der Waals surface area contributed by atoms with Crippen LogP contribution in [0.4, 0.5) is 11.4 Å². The molecular formula is C18H24Cl3N3O. The van der Waals surface area contributed by atoms with E-state index in [1.807, 2.05) is 68.4 Å². The molecule has 0 saturated carbocycles. The molecule has 0 aliphatic carbocycles. The Hall–Kier alpha value is -1.46. The molecule has 138 valence electrons. The maximum atomic E-state index is 12.6. The fourth-order valence-corrected chi connectivity index (χ4v) is 2.79. The van der Waals surface area contributed by atoms with Crippen LogP contribution in [0.5, 0.6) is 0 Å². The van der Waals surface area contributed by atoms with E-state index < -0.39 is 0 Å². The Morgan fingerprint density at radius 2 is 1.68 bits per heavy atom. The molecule has 2 unspecified atom stereocenters. The molecule has 2 rings (SSSR count). The third-order valence-electron chi connectivity index (χ3n) is 3.83. The van der Waals surface area contributed by atoms with Gasteiger partial charge in [0.25, 0.3) is 0 Å². The number of hydrogen-bond acceptors (Lipinski definition) is 3. The van der Waals surface area contributed by atoms with E-state index >= 15 is 0 Å². The predicted octanol–water partition coefficient (Wildman–Crippen LogP) is 4.52. The van der Waals surface area contributed by atoms with Crippen molar-refractivity contribution in [2.45, 2.75) is 13.0 Å². The van der Waals surface area contributed by atoms with Crippen LogP contribution >= 0.6 is 36.4 Å². The molecule has 0 fully saturated rings. The zero-order chi connectivity index (χ0) is 17.0.